The van der Waals surface area contributed by atoms with E-state index >= 15 is 0 Å². The van der Waals surface area contributed by atoms with E-state index in [0.29, 0.717) is 17.2 Å². The molecule has 0 saturated heterocycles. The van der Waals surface area contributed by atoms with Gasteiger partial charge in [0.25, 0.3) is 0 Å². The SMILES string of the molecule is CC(O)c1nnc2ccc(N)cn12. The molecule has 0 bridgehead atoms. The molecular formula is C8H10N4O. The third-order valence-electron chi connectivity index (χ3n) is 1.83. The Hall–Kier alpha value is -1.62. The van der Waals surface area contributed by atoms with E-state index in [9.17, 15) is 5.11 Å². The standard InChI is InChI=1S/C8H10N4O/c1-5(13)8-11-10-7-3-2-6(9)4-12(7)8/h2-5,13H,9H2,1H3. The van der Waals surface area contributed by atoms with Crippen molar-refractivity contribution in [1.82, 2.24) is 14.6 Å². The molecule has 0 amide bonds. The second-order valence-corrected chi connectivity index (χ2v) is 2.92. The number of fused-ring (bicyclic) bond motifs is 1. The summed E-state index contributed by atoms with van der Waals surface area (Å²) in [5.41, 5.74) is 6.90. The number of nitrogens with zero attached hydrogens (tertiary/aromatic N) is 3. The van der Waals surface area contributed by atoms with Crippen LogP contribution in [0.4, 0.5) is 5.69 Å². The van der Waals surface area contributed by atoms with Crippen molar-refractivity contribution in [2.75, 3.05) is 5.73 Å². The van der Waals surface area contributed by atoms with E-state index in [1.165, 1.54) is 0 Å². The molecule has 2 aromatic rings. The van der Waals surface area contributed by atoms with Crippen molar-refractivity contribution in [3.63, 3.8) is 0 Å². The zero-order valence-corrected chi connectivity index (χ0v) is 7.18. The highest BCUT2D eigenvalue weighted by atomic mass is 16.3. The van der Waals surface area contributed by atoms with E-state index in [-0.39, 0.29) is 0 Å². The summed E-state index contributed by atoms with van der Waals surface area (Å²) >= 11 is 0. The second kappa shape index (κ2) is 2.70. The van der Waals surface area contributed by atoms with Crippen LogP contribution in [0.15, 0.2) is 18.3 Å². The minimum Gasteiger partial charge on any atom is -0.398 e. The molecule has 5 heteroatoms. The molecule has 0 aromatic carbocycles. The lowest BCUT2D eigenvalue weighted by atomic mass is 10.3. The summed E-state index contributed by atoms with van der Waals surface area (Å²) in [7, 11) is 0. The molecule has 0 radical (unpaired) electrons. The number of nitrogens with two attached hydrogens (primary N) is 1. The van der Waals surface area contributed by atoms with Crippen molar-refractivity contribution in [2.45, 2.75) is 13.0 Å². The van der Waals surface area contributed by atoms with Gasteiger partial charge in [0.15, 0.2) is 11.5 Å². The molecule has 13 heavy (non-hydrogen) atoms. The lowest BCUT2D eigenvalue weighted by molar-refractivity contribution is 0.187. The van der Waals surface area contributed by atoms with E-state index in [1.54, 1.807) is 29.7 Å². The highest BCUT2D eigenvalue weighted by molar-refractivity contribution is 5.47. The second-order valence-electron chi connectivity index (χ2n) is 2.92. The van der Waals surface area contributed by atoms with E-state index in [0.717, 1.165) is 0 Å². The van der Waals surface area contributed by atoms with Gasteiger partial charge in [0, 0.05) is 11.9 Å². The molecule has 2 heterocycles. The van der Waals surface area contributed by atoms with Crippen molar-refractivity contribution in [1.29, 1.82) is 0 Å². The van der Waals surface area contributed by atoms with Crippen molar-refractivity contribution in [3.8, 4) is 0 Å². The molecule has 2 aromatic heterocycles. The number of pyridine rings is 1. The van der Waals surface area contributed by atoms with Crippen LogP contribution in [0.1, 0.15) is 18.9 Å². The first-order valence-electron chi connectivity index (χ1n) is 3.96. The summed E-state index contributed by atoms with van der Waals surface area (Å²) in [6, 6.07) is 3.50. The number of aliphatic hydroxyl groups excluding tert-OH is 1. The van der Waals surface area contributed by atoms with Crippen LogP contribution in [0.25, 0.3) is 5.65 Å². The molecule has 1 unspecified atom stereocenters. The number of rotatable bonds is 1. The van der Waals surface area contributed by atoms with Gasteiger partial charge in [-0.25, -0.2) is 0 Å². The average molecular weight is 178 g/mol. The van der Waals surface area contributed by atoms with Crippen LogP contribution < -0.4 is 5.73 Å². The highest BCUT2D eigenvalue weighted by Gasteiger charge is 2.09. The molecule has 0 aliphatic heterocycles. The van der Waals surface area contributed by atoms with E-state index in [1.807, 2.05) is 0 Å². The summed E-state index contributed by atoms with van der Waals surface area (Å²) in [4.78, 5) is 0. The van der Waals surface area contributed by atoms with Crippen molar-refractivity contribution in [2.24, 2.45) is 0 Å². The Morgan fingerprint density at radius 1 is 1.46 bits per heavy atom. The van der Waals surface area contributed by atoms with Gasteiger partial charge >= 0.3 is 0 Å². The fourth-order valence-electron chi connectivity index (χ4n) is 1.21. The zero-order valence-electron chi connectivity index (χ0n) is 7.18. The first kappa shape index (κ1) is 8.00. The Labute approximate surface area is 74.8 Å². The normalized spacial score (nSPS) is 13.4. The van der Waals surface area contributed by atoms with E-state index < -0.39 is 6.10 Å². The predicted molar refractivity (Wildman–Crippen MR) is 48.0 cm³/mol. The van der Waals surface area contributed by atoms with Crippen LogP contribution in [-0.2, 0) is 0 Å². The summed E-state index contributed by atoms with van der Waals surface area (Å²) in [6.45, 7) is 1.64. The molecule has 3 N–H and O–H groups in total. The molecule has 0 spiro atoms. The highest BCUT2D eigenvalue weighted by Crippen LogP contribution is 2.13. The number of aliphatic hydroxyl groups is 1. The Kier molecular flexibility index (Phi) is 1.66. The van der Waals surface area contributed by atoms with Crippen LogP contribution in [0.2, 0.25) is 0 Å². The number of anilines is 1. The third kappa shape index (κ3) is 1.23. The van der Waals surface area contributed by atoms with Gasteiger partial charge in [-0.2, -0.15) is 0 Å². The van der Waals surface area contributed by atoms with Crippen LogP contribution in [0.5, 0.6) is 0 Å². The molecule has 2 rings (SSSR count). The van der Waals surface area contributed by atoms with Crippen LogP contribution in [0.3, 0.4) is 0 Å². The van der Waals surface area contributed by atoms with Gasteiger partial charge in [0.2, 0.25) is 0 Å². The summed E-state index contributed by atoms with van der Waals surface area (Å²) in [5.74, 6) is 0.502. The lowest BCUT2D eigenvalue weighted by Crippen LogP contribution is -2.00. The van der Waals surface area contributed by atoms with Gasteiger partial charge in [-0.3, -0.25) is 4.40 Å². The lowest BCUT2D eigenvalue weighted by Gasteiger charge is -2.01. The minimum absolute atomic E-state index is 0.502. The molecule has 68 valence electrons. The maximum Gasteiger partial charge on any atom is 0.166 e. The summed E-state index contributed by atoms with van der Waals surface area (Å²) in [5, 5.41) is 17.1. The number of hydrogen-bond donors (Lipinski definition) is 2. The number of aromatic nitrogens is 3. The predicted octanol–water partition coefficient (Wildman–Crippen LogP) is 0.365. The van der Waals surface area contributed by atoms with Crippen LogP contribution in [0, 0.1) is 0 Å². The van der Waals surface area contributed by atoms with Crippen molar-refractivity contribution in [3.05, 3.63) is 24.2 Å². The Morgan fingerprint density at radius 3 is 2.92 bits per heavy atom. The summed E-state index contributed by atoms with van der Waals surface area (Å²) < 4.78 is 1.68. The van der Waals surface area contributed by atoms with Gasteiger partial charge in [-0.05, 0) is 19.1 Å². The first-order chi connectivity index (χ1) is 6.18. The van der Waals surface area contributed by atoms with Crippen LogP contribution >= 0.6 is 0 Å². The topological polar surface area (TPSA) is 76.4 Å². The maximum absolute atomic E-state index is 9.34. The number of hydrogen-bond acceptors (Lipinski definition) is 4. The average Bonchev–Trinajstić information content (AvgIpc) is 2.46. The summed E-state index contributed by atoms with van der Waals surface area (Å²) in [6.07, 6.45) is 1.05. The van der Waals surface area contributed by atoms with E-state index in [4.69, 9.17) is 5.73 Å². The number of nitrogen functional groups attached to an aromatic ring is 1. The molecule has 0 aliphatic carbocycles. The van der Waals surface area contributed by atoms with Gasteiger partial charge in [-0.1, -0.05) is 0 Å². The molecular weight excluding hydrogens is 168 g/mol. The molecule has 5 nitrogen and oxygen atoms in total. The van der Waals surface area contributed by atoms with Crippen molar-refractivity contribution >= 4 is 11.3 Å². The smallest absolute Gasteiger partial charge is 0.166 e. The largest absolute Gasteiger partial charge is 0.398 e. The Morgan fingerprint density at radius 2 is 2.23 bits per heavy atom. The third-order valence-corrected chi connectivity index (χ3v) is 1.83. The molecule has 1 atom stereocenters. The molecule has 0 fully saturated rings. The molecule has 0 saturated carbocycles. The fourth-order valence-corrected chi connectivity index (χ4v) is 1.21. The van der Waals surface area contributed by atoms with Crippen molar-refractivity contribution < 1.29 is 5.11 Å². The quantitative estimate of drug-likeness (QED) is 0.661. The zero-order chi connectivity index (χ0) is 9.42. The van der Waals surface area contributed by atoms with Crippen LogP contribution in [-0.4, -0.2) is 19.7 Å². The Balaban J connectivity index is 2.71. The monoisotopic (exact) mass is 178 g/mol. The van der Waals surface area contributed by atoms with Gasteiger partial charge in [0.1, 0.15) is 6.10 Å². The molecule has 0 aliphatic rings. The van der Waals surface area contributed by atoms with Gasteiger partial charge < -0.3 is 10.8 Å². The maximum atomic E-state index is 9.34. The van der Waals surface area contributed by atoms with Gasteiger partial charge in [-0.15, -0.1) is 10.2 Å². The fraction of sp³-hybridized carbons (Fsp3) is 0.250. The first-order valence-corrected chi connectivity index (χ1v) is 3.96. The Bertz CT molecular complexity index is 435. The van der Waals surface area contributed by atoms with Gasteiger partial charge in [0.05, 0.1) is 0 Å². The minimum atomic E-state index is -0.642. The van der Waals surface area contributed by atoms with E-state index in [2.05, 4.69) is 10.2 Å².